The molecule has 0 spiro atoms. The van der Waals surface area contributed by atoms with Gasteiger partial charge in [0.2, 0.25) is 0 Å². The lowest BCUT2D eigenvalue weighted by atomic mass is 10.2. The fourth-order valence-corrected chi connectivity index (χ4v) is 2.95. The van der Waals surface area contributed by atoms with Gasteiger partial charge in [0.25, 0.3) is 0 Å². The molecule has 0 aliphatic rings. The monoisotopic (exact) mass is 341 g/mol. The smallest absolute Gasteiger partial charge is 0.0767 e. The number of aryl methyl sites for hydroxylation is 2. The second-order valence-electron chi connectivity index (χ2n) is 4.42. The molecule has 102 valence electrons. The number of aromatic nitrogens is 2. The molecular formula is C14H17BrClN3. The van der Waals surface area contributed by atoms with Gasteiger partial charge < -0.3 is 5.32 Å². The lowest BCUT2D eigenvalue weighted by Crippen LogP contribution is -2.15. The average molecular weight is 343 g/mol. The van der Waals surface area contributed by atoms with Crippen molar-refractivity contribution in [3.05, 3.63) is 50.7 Å². The summed E-state index contributed by atoms with van der Waals surface area (Å²) in [7, 11) is 1.97. The predicted octanol–water partition coefficient (Wildman–Crippen LogP) is 3.69. The van der Waals surface area contributed by atoms with Crippen molar-refractivity contribution >= 4 is 27.5 Å². The minimum atomic E-state index is 0.772. The highest BCUT2D eigenvalue weighted by Crippen LogP contribution is 2.21. The maximum Gasteiger partial charge on any atom is 0.0767 e. The average Bonchev–Trinajstić information content (AvgIpc) is 2.66. The summed E-state index contributed by atoms with van der Waals surface area (Å²) in [6.07, 6.45) is 0.933. The van der Waals surface area contributed by atoms with Crippen molar-refractivity contribution < 1.29 is 0 Å². The molecule has 2 aromatic rings. The highest BCUT2D eigenvalue weighted by atomic mass is 79.9. The molecule has 0 aliphatic heterocycles. The van der Waals surface area contributed by atoms with Crippen LogP contribution in [0.3, 0.4) is 0 Å². The Morgan fingerprint density at radius 3 is 2.79 bits per heavy atom. The van der Waals surface area contributed by atoms with Crippen molar-refractivity contribution in [3.8, 4) is 0 Å². The van der Waals surface area contributed by atoms with Gasteiger partial charge in [0.1, 0.15) is 0 Å². The molecule has 1 aromatic carbocycles. The molecule has 2 rings (SSSR count). The molecule has 0 fully saturated rings. The van der Waals surface area contributed by atoms with E-state index in [1.165, 1.54) is 11.3 Å². The summed E-state index contributed by atoms with van der Waals surface area (Å²) in [5.41, 5.74) is 3.45. The van der Waals surface area contributed by atoms with Gasteiger partial charge in [0, 0.05) is 25.2 Å². The standard InChI is InChI=1S/C14H17BrClN3/c1-3-12-14(15)13(19(2)18-12)9-17-8-10-5-4-6-11(16)7-10/h4-7,17H,3,8-9H2,1-2H3. The van der Waals surface area contributed by atoms with E-state index in [9.17, 15) is 0 Å². The maximum atomic E-state index is 5.96. The maximum absolute atomic E-state index is 5.96. The first-order chi connectivity index (χ1) is 9.11. The number of benzene rings is 1. The summed E-state index contributed by atoms with van der Waals surface area (Å²) < 4.78 is 3.03. The van der Waals surface area contributed by atoms with Gasteiger partial charge in [-0.15, -0.1) is 0 Å². The van der Waals surface area contributed by atoms with Gasteiger partial charge >= 0.3 is 0 Å². The van der Waals surface area contributed by atoms with Gasteiger partial charge in [-0.25, -0.2) is 0 Å². The van der Waals surface area contributed by atoms with Gasteiger partial charge in [-0.3, -0.25) is 4.68 Å². The minimum absolute atomic E-state index is 0.772. The third kappa shape index (κ3) is 3.59. The molecule has 1 N–H and O–H groups in total. The van der Waals surface area contributed by atoms with Crippen molar-refractivity contribution in [2.24, 2.45) is 7.05 Å². The summed E-state index contributed by atoms with van der Waals surface area (Å²) in [5, 5.41) is 8.66. The first-order valence-electron chi connectivity index (χ1n) is 6.27. The highest BCUT2D eigenvalue weighted by Gasteiger charge is 2.11. The van der Waals surface area contributed by atoms with E-state index in [0.29, 0.717) is 0 Å². The van der Waals surface area contributed by atoms with Crippen LogP contribution in [0.15, 0.2) is 28.7 Å². The van der Waals surface area contributed by atoms with Crippen LogP contribution in [0.25, 0.3) is 0 Å². The Bertz CT molecular complexity index is 566. The van der Waals surface area contributed by atoms with Crippen LogP contribution >= 0.6 is 27.5 Å². The van der Waals surface area contributed by atoms with Gasteiger partial charge in [0.05, 0.1) is 15.9 Å². The second kappa shape index (κ2) is 6.55. The Kier molecular flexibility index (Phi) is 5.02. The van der Waals surface area contributed by atoms with E-state index >= 15 is 0 Å². The van der Waals surface area contributed by atoms with E-state index < -0.39 is 0 Å². The van der Waals surface area contributed by atoms with Crippen molar-refractivity contribution in [3.63, 3.8) is 0 Å². The third-order valence-corrected chi connectivity index (χ3v) is 4.16. The van der Waals surface area contributed by atoms with Crippen LogP contribution in [0.1, 0.15) is 23.9 Å². The lowest BCUT2D eigenvalue weighted by molar-refractivity contribution is 0.622. The number of rotatable bonds is 5. The van der Waals surface area contributed by atoms with Crippen LogP contribution in [-0.2, 0) is 26.6 Å². The zero-order valence-electron chi connectivity index (χ0n) is 11.1. The second-order valence-corrected chi connectivity index (χ2v) is 5.65. The van der Waals surface area contributed by atoms with Crippen LogP contribution in [0.5, 0.6) is 0 Å². The van der Waals surface area contributed by atoms with Crippen molar-refractivity contribution in [1.82, 2.24) is 15.1 Å². The fourth-order valence-electron chi connectivity index (χ4n) is 1.98. The number of nitrogens with zero attached hydrogens (tertiary/aromatic N) is 2. The van der Waals surface area contributed by atoms with Crippen molar-refractivity contribution in [2.45, 2.75) is 26.4 Å². The van der Waals surface area contributed by atoms with E-state index in [1.807, 2.05) is 29.9 Å². The summed E-state index contributed by atoms with van der Waals surface area (Å²) in [4.78, 5) is 0. The molecule has 0 saturated carbocycles. The quantitative estimate of drug-likeness (QED) is 0.898. The van der Waals surface area contributed by atoms with Gasteiger partial charge in [0.15, 0.2) is 0 Å². The first-order valence-corrected chi connectivity index (χ1v) is 7.44. The van der Waals surface area contributed by atoms with Gasteiger partial charge in [-0.1, -0.05) is 30.7 Å². The molecule has 1 heterocycles. The third-order valence-electron chi connectivity index (χ3n) is 3.01. The van der Waals surface area contributed by atoms with Crippen LogP contribution in [-0.4, -0.2) is 9.78 Å². The molecule has 0 unspecified atom stereocenters. The zero-order valence-corrected chi connectivity index (χ0v) is 13.4. The molecule has 0 radical (unpaired) electrons. The van der Waals surface area contributed by atoms with Crippen LogP contribution in [0.2, 0.25) is 5.02 Å². The topological polar surface area (TPSA) is 29.9 Å². The predicted molar refractivity (Wildman–Crippen MR) is 82.3 cm³/mol. The largest absolute Gasteiger partial charge is 0.307 e. The summed E-state index contributed by atoms with van der Waals surface area (Å²) in [6.45, 7) is 3.67. The Hall–Kier alpha value is -0.840. The minimum Gasteiger partial charge on any atom is -0.307 e. The van der Waals surface area contributed by atoms with E-state index in [1.54, 1.807) is 0 Å². The van der Waals surface area contributed by atoms with E-state index in [-0.39, 0.29) is 0 Å². The molecule has 0 bridgehead atoms. The number of nitrogens with one attached hydrogen (secondary N) is 1. The molecule has 1 aromatic heterocycles. The number of hydrogen-bond acceptors (Lipinski definition) is 2. The molecular weight excluding hydrogens is 326 g/mol. The molecule has 0 atom stereocenters. The molecule has 5 heteroatoms. The Morgan fingerprint density at radius 2 is 2.16 bits per heavy atom. The summed E-state index contributed by atoms with van der Waals surface area (Å²) in [5.74, 6) is 0. The van der Waals surface area contributed by atoms with Crippen molar-refractivity contribution in [2.75, 3.05) is 0 Å². The van der Waals surface area contributed by atoms with Gasteiger partial charge in [-0.2, -0.15) is 5.10 Å². The van der Waals surface area contributed by atoms with Crippen molar-refractivity contribution in [1.29, 1.82) is 0 Å². The number of halogens is 2. The van der Waals surface area contributed by atoms with E-state index in [2.05, 4.69) is 39.3 Å². The number of hydrogen-bond donors (Lipinski definition) is 1. The SMILES string of the molecule is CCc1nn(C)c(CNCc2cccc(Cl)c2)c1Br. The summed E-state index contributed by atoms with van der Waals surface area (Å²) >= 11 is 9.58. The Labute approximate surface area is 127 Å². The van der Waals surface area contributed by atoms with E-state index in [0.717, 1.165) is 34.7 Å². The lowest BCUT2D eigenvalue weighted by Gasteiger charge is -2.06. The zero-order chi connectivity index (χ0) is 13.8. The fraction of sp³-hybridized carbons (Fsp3) is 0.357. The van der Waals surface area contributed by atoms with E-state index in [4.69, 9.17) is 11.6 Å². The van der Waals surface area contributed by atoms with Crippen LogP contribution in [0.4, 0.5) is 0 Å². The van der Waals surface area contributed by atoms with Gasteiger partial charge in [-0.05, 0) is 40.0 Å². The summed E-state index contributed by atoms with van der Waals surface area (Å²) in [6, 6.07) is 7.89. The first kappa shape index (κ1) is 14.6. The Morgan fingerprint density at radius 1 is 1.37 bits per heavy atom. The molecule has 0 aliphatic carbocycles. The molecule has 0 saturated heterocycles. The van der Waals surface area contributed by atoms with Crippen LogP contribution in [0, 0.1) is 0 Å². The highest BCUT2D eigenvalue weighted by molar-refractivity contribution is 9.10. The normalized spacial score (nSPS) is 10.9. The molecule has 19 heavy (non-hydrogen) atoms. The molecule has 0 amide bonds. The van der Waals surface area contributed by atoms with Crippen LogP contribution < -0.4 is 5.32 Å². The Balaban J connectivity index is 1.98. The molecule has 3 nitrogen and oxygen atoms in total.